The van der Waals surface area contributed by atoms with Crippen LogP contribution in [0.3, 0.4) is 0 Å². The van der Waals surface area contributed by atoms with Crippen LogP contribution in [0.1, 0.15) is 20.3 Å². The van der Waals surface area contributed by atoms with Gasteiger partial charge in [0, 0.05) is 13.0 Å². The highest BCUT2D eigenvalue weighted by molar-refractivity contribution is 5.78. The van der Waals surface area contributed by atoms with Crippen molar-refractivity contribution in [1.29, 1.82) is 0 Å². The fourth-order valence-corrected chi connectivity index (χ4v) is 1.29. The van der Waals surface area contributed by atoms with Gasteiger partial charge in [0.15, 0.2) is 0 Å². The van der Waals surface area contributed by atoms with E-state index in [0.29, 0.717) is 18.9 Å². The smallest absolute Gasteiger partial charge is 0.220 e. The highest BCUT2D eigenvalue weighted by Gasteiger charge is 2.28. The Morgan fingerprint density at radius 2 is 2.45 bits per heavy atom. The van der Waals surface area contributed by atoms with Crippen molar-refractivity contribution in [3.8, 4) is 0 Å². The molecule has 1 aliphatic rings. The molecule has 0 aromatic rings. The maximum atomic E-state index is 10.9. The van der Waals surface area contributed by atoms with Crippen LogP contribution in [0.5, 0.6) is 0 Å². The highest BCUT2D eigenvalue weighted by atomic mass is 16.5. The summed E-state index contributed by atoms with van der Waals surface area (Å²) >= 11 is 0. The molecule has 3 nitrogen and oxygen atoms in total. The number of carbonyl (C=O) groups excluding carboxylic acids is 1. The number of hydrogen-bond acceptors (Lipinski definition) is 2. The van der Waals surface area contributed by atoms with Crippen molar-refractivity contribution in [3.05, 3.63) is 0 Å². The van der Waals surface area contributed by atoms with Crippen LogP contribution >= 0.6 is 0 Å². The normalized spacial score (nSPS) is 30.5. The van der Waals surface area contributed by atoms with Crippen molar-refractivity contribution >= 4 is 5.91 Å². The van der Waals surface area contributed by atoms with Gasteiger partial charge in [-0.25, -0.2) is 0 Å². The minimum atomic E-state index is 0.155. The summed E-state index contributed by atoms with van der Waals surface area (Å²) in [7, 11) is 0. The maximum absolute atomic E-state index is 10.9. The Hall–Kier alpha value is -0.570. The summed E-state index contributed by atoms with van der Waals surface area (Å²) in [6.45, 7) is 5.41. The third kappa shape index (κ3) is 2.19. The van der Waals surface area contributed by atoms with Gasteiger partial charge < -0.3 is 10.1 Å². The van der Waals surface area contributed by atoms with E-state index in [9.17, 15) is 4.79 Å². The SMILES string of the molecule is CCOC[C@H]1NC(=O)C[C@H]1C. The Bertz CT molecular complexity index is 147. The summed E-state index contributed by atoms with van der Waals surface area (Å²) in [5.41, 5.74) is 0. The van der Waals surface area contributed by atoms with Gasteiger partial charge in [-0.2, -0.15) is 0 Å². The molecular weight excluding hydrogens is 142 g/mol. The quantitative estimate of drug-likeness (QED) is 0.649. The molecule has 3 heteroatoms. The first kappa shape index (κ1) is 8.53. The summed E-state index contributed by atoms with van der Waals surface area (Å²) in [4.78, 5) is 10.9. The van der Waals surface area contributed by atoms with Crippen molar-refractivity contribution < 1.29 is 9.53 Å². The lowest BCUT2D eigenvalue weighted by Gasteiger charge is -2.13. The molecule has 1 saturated heterocycles. The van der Waals surface area contributed by atoms with Crippen molar-refractivity contribution in [3.63, 3.8) is 0 Å². The van der Waals surface area contributed by atoms with E-state index in [-0.39, 0.29) is 11.9 Å². The summed E-state index contributed by atoms with van der Waals surface area (Å²) in [6.07, 6.45) is 0.651. The number of amides is 1. The van der Waals surface area contributed by atoms with Crippen molar-refractivity contribution in [2.24, 2.45) is 5.92 Å². The number of nitrogens with one attached hydrogen (secondary N) is 1. The van der Waals surface area contributed by atoms with Crippen LogP contribution in [0.2, 0.25) is 0 Å². The van der Waals surface area contributed by atoms with E-state index < -0.39 is 0 Å². The second kappa shape index (κ2) is 3.72. The molecule has 1 rings (SSSR count). The van der Waals surface area contributed by atoms with Gasteiger partial charge in [-0.15, -0.1) is 0 Å². The third-order valence-electron chi connectivity index (χ3n) is 2.04. The molecular formula is C8H15NO2. The predicted molar refractivity (Wildman–Crippen MR) is 42.2 cm³/mol. The molecule has 1 amide bonds. The van der Waals surface area contributed by atoms with E-state index in [1.807, 2.05) is 6.92 Å². The molecule has 1 heterocycles. The van der Waals surface area contributed by atoms with E-state index in [4.69, 9.17) is 4.74 Å². The molecule has 0 aromatic carbocycles. The Morgan fingerprint density at radius 1 is 1.73 bits per heavy atom. The summed E-state index contributed by atoms with van der Waals surface area (Å²) < 4.78 is 5.22. The van der Waals surface area contributed by atoms with E-state index >= 15 is 0 Å². The molecule has 2 atom stereocenters. The Morgan fingerprint density at radius 3 is 2.91 bits per heavy atom. The van der Waals surface area contributed by atoms with Crippen LogP contribution in [0, 0.1) is 5.92 Å². The molecule has 0 aromatic heterocycles. The summed E-state index contributed by atoms with van der Waals surface area (Å²) in [5, 5.41) is 2.87. The van der Waals surface area contributed by atoms with Gasteiger partial charge in [-0.1, -0.05) is 6.92 Å². The third-order valence-corrected chi connectivity index (χ3v) is 2.04. The zero-order chi connectivity index (χ0) is 8.27. The van der Waals surface area contributed by atoms with E-state index in [1.165, 1.54) is 0 Å². The zero-order valence-corrected chi connectivity index (χ0v) is 7.09. The second-order valence-electron chi connectivity index (χ2n) is 3.01. The average molecular weight is 157 g/mol. The van der Waals surface area contributed by atoms with Crippen molar-refractivity contribution in [2.75, 3.05) is 13.2 Å². The molecule has 0 radical (unpaired) electrons. The standard InChI is InChI=1S/C8H15NO2/c1-3-11-5-7-6(2)4-8(10)9-7/h6-7H,3-5H2,1-2H3,(H,9,10)/t6-,7-/m1/s1. The Labute approximate surface area is 67.1 Å². The first-order chi connectivity index (χ1) is 5.24. The first-order valence-corrected chi connectivity index (χ1v) is 4.11. The lowest BCUT2D eigenvalue weighted by atomic mass is 10.0. The van der Waals surface area contributed by atoms with Crippen LogP contribution in [0.25, 0.3) is 0 Å². The monoisotopic (exact) mass is 157 g/mol. The maximum Gasteiger partial charge on any atom is 0.220 e. The molecule has 0 spiro atoms. The summed E-state index contributed by atoms with van der Waals surface area (Å²) in [6, 6.07) is 0.238. The molecule has 64 valence electrons. The van der Waals surface area contributed by atoms with E-state index in [2.05, 4.69) is 12.2 Å². The van der Waals surface area contributed by atoms with Crippen LogP contribution in [0.15, 0.2) is 0 Å². The van der Waals surface area contributed by atoms with Gasteiger partial charge in [-0.05, 0) is 12.8 Å². The summed E-state index contributed by atoms with van der Waals surface area (Å²) in [5.74, 6) is 0.580. The molecule has 1 aliphatic heterocycles. The van der Waals surface area contributed by atoms with Crippen LogP contribution in [-0.4, -0.2) is 25.2 Å². The van der Waals surface area contributed by atoms with E-state index in [1.54, 1.807) is 0 Å². The van der Waals surface area contributed by atoms with Crippen molar-refractivity contribution in [2.45, 2.75) is 26.3 Å². The molecule has 0 unspecified atom stereocenters. The number of carbonyl (C=O) groups is 1. The van der Waals surface area contributed by atoms with Gasteiger partial charge in [-0.3, -0.25) is 4.79 Å². The zero-order valence-electron chi connectivity index (χ0n) is 7.09. The lowest BCUT2D eigenvalue weighted by molar-refractivity contribution is -0.119. The molecule has 0 aliphatic carbocycles. The molecule has 0 saturated carbocycles. The fourth-order valence-electron chi connectivity index (χ4n) is 1.29. The van der Waals surface area contributed by atoms with Gasteiger partial charge in [0.1, 0.15) is 0 Å². The molecule has 1 N–H and O–H groups in total. The first-order valence-electron chi connectivity index (χ1n) is 4.11. The van der Waals surface area contributed by atoms with Gasteiger partial charge in [0.25, 0.3) is 0 Å². The topological polar surface area (TPSA) is 38.3 Å². The predicted octanol–water partition coefficient (Wildman–Crippen LogP) is 0.547. The molecule has 1 fully saturated rings. The van der Waals surface area contributed by atoms with Crippen LogP contribution in [0.4, 0.5) is 0 Å². The number of rotatable bonds is 3. The highest BCUT2D eigenvalue weighted by Crippen LogP contribution is 2.15. The van der Waals surface area contributed by atoms with Crippen molar-refractivity contribution in [1.82, 2.24) is 5.32 Å². The fraction of sp³-hybridized carbons (Fsp3) is 0.875. The van der Waals surface area contributed by atoms with Gasteiger partial charge >= 0.3 is 0 Å². The molecule has 0 bridgehead atoms. The second-order valence-corrected chi connectivity index (χ2v) is 3.01. The average Bonchev–Trinajstić information content (AvgIpc) is 2.26. The Balaban J connectivity index is 2.28. The number of ether oxygens (including phenoxy) is 1. The minimum Gasteiger partial charge on any atom is -0.380 e. The van der Waals surface area contributed by atoms with Gasteiger partial charge in [0.05, 0.1) is 12.6 Å². The molecule has 11 heavy (non-hydrogen) atoms. The van der Waals surface area contributed by atoms with E-state index in [0.717, 1.165) is 6.61 Å². The minimum absolute atomic E-state index is 0.155. The lowest BCUT2D eigenvalue weighted by Crippen LogP contribution is -2.32. The van der Waals surface area contributed by atoms with Crippen LogP contribution < -0.4 is 5.32 Å². The van der Waals surface area contributed by atoms with Crippen LogP contribution in [-0.2, 0) is 9.53 Å². The largest absolute Gasteiger partial charge is 0.380 e. The van der Waals surface area contributed by atoms with Gasteiger partial charge in [0.2, 0.25) is 5.91 Å². The Kier molecular flexibility index (Phi) is 2.88. The number of hydrogen-bond donors (Lipinski definition) is 1.